The molecule has 0 heterocycles. The van der Waals surface area contributed by atoms with Gasteiger partial charge in [-0.3, -0.25) is 9.10 Å². The number of aryl methyl sites for hydroxylation is 1. The highest BCUT2D eigenvalue weighted by Crippen LogP contribution is 2.18. The van der Waals surface area contributed by atoms with Gasteiger partial charge in [-0.2, -0.15) is 11.8 Å². The van der Waals surface area contributed by atoms with E-state index in [9.17, 15) is 13.2 Å². The lowest BCUT2D eigenvalue weighted by Gasteiger charge is -2.20. The number of nitrogens with zero attached hydrogens (tertiary/aromatic N) is 1. The molecule has 0 saturated carbocycles. The normalized spacial score (nSPS) is 11.1. The maximum absolute atomic E-state index is 12.3. The average molecular weight is 419 g/mol. The van der Waals surface area contributed by atoms with Crippen molar-refractivity contribution in [3.63, 3.8) is 0 Å². The van der Waals surface area contributed by atoms with Crippen LogP contribution in [0.15, 0.2) is 61.2 Å². The van der Waals surface area contributed by atoms with Gasteiger partial charge >= 0.3 is 0 Å². The maximum atomic E-state index is 12.3. The van der Waals surface area contributed by atoms with E-state index in [0.29, 0.717) is 17.8 Å². The Hall–Kier alpha value is -2.25. The number of rotatable bonds is 10. The van der Waals surface area contributed by atoms with Gasteiger partial charge in [0.25, 0.3) is 5.91 Å². The van der Waals surface area contributed by atoms with Gasteiger partial charge in [-0.05, 0) is 42.3 Å². The van der Waals surface area contributed by atoms with Crippen molar-refractivity contribution in [2.45, 2.75) is 12.7 Å². The number of sulfonamides is 1. The molecule has 0 saturated heterocycles. The zero-order valence-corrected chi connectivity index (χ0v) is 17.9. The number of carbonyl (C=O) groups is 1. The van der Waals surface area contributed by atoms with E-state index in [0.717, 1.165) is 17.8 Å². The van der Waals surface area contributed by atoms with Crippen molar-refractivity contribution < 1.29 is 13.2 Å². The lowest BCUT2D eigenvalue weighted by atomic mass is 10.1. The van der Waals surface area contributed by atoms with Gasteiger partial charge in [-0.1, -0.05) is 30.3 Å². The summed E-state index contributed by atoms with van der Waals surface area (Å²) in [5.74, 6) is 1.57. The van der Waals surface area contributed by atoms with Crippen molar-refractivity contribution in [3.05, 3.63) is 77.9 Å². The van der Waals surface area contributed by atoms with E-state index < -0.39 is 10.0 Å². The second-order valence-corrected chi connectivity index (χ2v) is 9.38. The van der Waals surface area contributed by atoms with Crippen LogP contribution in [0.5, 0.6) is 0 Å². The summed E-state index contributed by atoms with van der Waals surface area (Å²) in [6.07, 6.45) is 2.67. The van der Waals surface area contributed by atoms with Gasteiger partial charge in [0, 0.05) is 23.6 Å². The second-order valence-electron chi connectivity index (χ2n) is 6.36. The van der Waals surface area contributed by atoms with Crippen LogP contribution in [0.25, 0.3) is 0 Å². The molecule has 2 aromatic rings. The quantitative estimate of drug-likeness (QED) is 0.473. The second kappa shape index (κ2) is 10.3. The first-order chi connectivity index (χ1) is 13.3. The number of nitrogens with one attached hydrogen (secondary N) is 1. The zero-order valence-electron chi connectivity index (χ0n) is 16.2. The molecule has 150 valence electrons. The molecule has 5 nitrogen and oxygen atoms in total. The van der Waals surface area contributed by atoms with Crippen molar-refractivity contribution in [2.24, 2.45) is 0 Å². The topological polar surface area (TPSA) is 66.5 Å². The van der Waals surface area contributed by atoms with Crippen molar-refractivity contribution in [1.82, 2.24) is 5.32 Å². The summed E-state index contributed by atoms with van der Waals surface area (Å²) in [6, 6.07) is 14.8. The van der Waals surface area contributed by atoms with Crippen LogP contribution in [0.4, 0.5) is 5.69 Å². The molecule has 0 aliphatic heterocycles. The summed E-state index contributed by atoms with van der Waals surface area (Å²) in [5.41, 5.74) is 3.59. The third-order valence-corrected chi connectivity index (χ3v) is 6.33. The molecule has 0 aliphatic rings. The third kappa shape index (κ3) is 6.42. The van der Waals surface area contributed by atoms with E-state index in [4.69, 9.17) is 0 Å². The highest BCUT2D eigenvalue weighted by Gasteiger charge is 2.16. The highest BCUT2D eigenvalue weighted by molar-refractivity contribution is 7.98. The molecule has 0 aliphatic carbocycles. The fourth-order valence-corrected chi connectivity index (χ4v) is 4.44. The summed E-state index contributed by atoms with van der Waals surface area (Å²) in [4.78, 5) is 12.3. The van der Waals surface area contributed by atoms with Crippen LogP contribution < -0.4 is 9.62 Å². The van der Waals surface area contributed by atoms with E-state index in [1.54, 1.807) is 36.0 Å². The lowest BCUT2D eigenvalue weighted by Crippen LogP contribution is -2.30. The Bertz CT molecular complexity index is 910. The third-order valence-electron chi connectivity index (χ3n) is 4.16. The lowest BCUT2D eigenvalue weighted by molar-refractivity contribution is 0.0956. The molecule has 7 heteroatoms. The van der Waals surface area contributed by atoms with Gasteiger partial charge in [-0.15, -0.1) is 6.58 Å². The monoisotopic (exact) mass is 418 g/mol. The summed E-state index contributed by atoms with van der Waals surface area (Å²) >= 11 is 1.77. The largest absolute Gasteiger partial charge is 0.351 e. The van der Waals surface area contributed by atoms with Crippen molar-refractivity contribution >= 4 is 33.4 Å². The van der Waals surface area contributed by atoms with Gasteiger partial charge in [0.15, 0.2) is 0 Å². The van der Waals surface area contributed by atoms with Gasteiger partial charge in [0.1, 0.15) is 0 Å². The van der Waals surface area contributed by atoms with Crippen molar-refractivity contribution in [2.75, 3.05) is 29.4 Å². The molecule has 0 radical (unpaired) electrons. The van der Waals surface area contributed by atoms with Crippen LogP contribution in [-0.2, 0) is 15.8 Å². The van der Waals surface area contributed by atoms with Crippen LogP contribution in [-0.4, -0.2) is 39.4 Å². The van der Waals surface area contributed by atoms with Crippen LogP contribution in [0.3, 0.4) is 0 Å². The number of anilines is 1. The molecule has 28 heavy (non-hydrogen) atoms. The Morgan fingerprint density at radius 1 is 1.18 bits per heavy atom. The van der Waals surface area contributed by atoms with Crippen LogP contribution in [0.2, 0.25) is 0 Å². The Kier molecular flexibility index (Phi) is 8.14. The first-order valence-corrected chi connectivity index (χ1v) is 11.9. The molecule has 0 spiro atoms. The minimum atomic E-state index is -3.40. The summed E-state index contributed by atoms with van der Waals surface area (Å²) in [6.45, 7) is 6.44. The number of thioether (sulfide) groups is 1. The molecular formula is C21H26N2O3S2. The fraction of sp³-hybridized carbons (Fsp3) is 0.286. The Morgan fingerprint density at radius 2 is 1.86 bits per heavy atom. The Balaban J connectivity index is 1.84. The smallest absolute Gasteiger partial charge is 0.251 e. The SMILES string of the molecule is C=CCN(c1ccc(C(=O)NCCSCc2ccccc2C)cc1)S(C)(=O)=O. The summed E-state index contributed by atoms with van der Waals surface area (Å²) in [7, 11) is -3.40. The van der Waals surface area contributed by atoms with Gasteiger partial charge in [0.2, 0.25) is 10.0 Å². The number of hydrogen-bond acceptors (Lipinski definition) is 4. The van der Waals surface area contributed by atoms with Gasteiger partial charge < -0.3 is 5.32 Å². The Morgan fingerprint density at radius 3 is 2.46 bits per heavy atom. The summed E-state index contributed by atoms with van der Waals surface area (Å²) in [5, 5.41) is 2.90. The van der Waals surface area contributed by atoms with Gasteiger partial charge in [0.05, 0.1) is 18.5 Å². The molecule has 0 bridgehead atoms. The fourth-order valence-electron chi connectivity index (χ4n) is 2.62. The van der Waals surface area contributed by atoms with E-state index in [2.05, 4.69) is 31.0 Å². The first kappa shape index (κ1) is 22.0. The van der Waals surface area contributed by atoms with Crippen LogP contribution in [0, 0.1) is 6.92 Å². The van der Waals surface area contributed by atoms with Gasteiger partial charge in [-0.25, -0.2) is 8.42 Å². The number of benzene rings is 2. The maximum Gasteiger partial charge on any atom is 0.251 e. The average Bonchev–Trinajstić information content (AvgIpc) is 2.66. The number of carbonyl (C=O) groups excluding carboxylic acids is 1. The molecule has 1 amide bonds. The molecule has 0 fully saturated rings. The predicted octanol–water partition coefficient (Wildman–Crippen LogP) is 3.61. The van der Waals surface area contributed by atoms with Crippen LogP contribution in [0.1, 0.15) is 21.5 Å². The van der Waals surface area contributed by atoms with E-state index in [1.807, 2.05) is 12.1 Å². The molecule has 2 rings (SSSR count). The summed E-state index contributed by atoms with van der Waals surface area (Å²) < 4.78 is 25.0. The first-order valence-electron chi connectivity index (χ1n) is 8.92. The molecule has 2 aromatic carbocycles. The molecule has 0 unspecified atom stereocenters. The Labute approximate surface area is 171 Å². The molecular weight excluding hydrogens is 392 g/mol. The van der Waals surface area contributed by atoms with Crippen LogP contribution >= 0.6 is 11.8 Å². The number of amides is 1. The minimum Gasteiger partial charge on any atom is -0.351 e. The van der Waals surface area contributed by atoms with E-state index in [-0.39, 0.29) is 12.5 Å². The number of hydrogen-bond donors (Lipinski definition) is 1. The molecule has 1 N–H and O–H groups in total. The zero-order chi connectivity index (χ0) is 20.6. The van der Waals surface area contributed by atoms with Crippen molar-refractivity contribution in [3.8, 4) is 0 Å². The minimum absolute atomic E-state index is 0.169. The highest BCUT2D eigenvalue weighted by atomic mass is 32.2. The van der Waals surface area contributed by atoms with E-state index >= 15 is 0 Å². The molecule has 0 aromatic heterocycles. The predicted molar refractivity (Wildman–Crippen MR) is 119 cm³/mol. The molecule has 0 atom stereocenters. The van der Waals surface area contributed by atoms with E-state index in [1.165, 1.54) is 21.5 Å². The van der Waals surface area contributed by atoms with Crippen molar-refractivity contribution in [1.29, 1.82) is 0 Å². The standard InChI is InChI=1S/C21H26N2O3S2/c1-4-14-23(28(3,25)26)20-11-9-18(10-12-20)21(24)22-13-15-27-16-19-8-6-5-7-17(19)2/h4-12H,1,13-16H2,2-3H3,(H,22,24).